The molecule has 8 nitrogen and oxygen atoms in total. The number of nitrogens with one attached hydrogen (secondary N) is 3. The Morgan fingerprint density at radius 1 is 1.05 bits per heavy atom. The zero-order chi connectivity index (χ0) is 27.4. The van der Waals surface area contributed by atoms with E-state index >= 15 is 0 Å². The minimum atomic E-state index is -2.92. The van der Waals surface area contributed by atoms with Crippen LogP contribution in [0.4, 0.5) is 11.4 Å². The first-order valence-corrected chi connectivity index (χ1v) is 15.7. The molecule has 1 amide bonds. The number of carbonyl (C=O) groups excluding carboxylic acids is 1. The summed E-state index contributed by atoms with van der Waals surface area (Å²) in [4.78, 5) is 13.5. The Labute approximate surface area is 241 Å². The third-order valence-electron chi connectivity index (χ3n) is 6.87. The molecular weight excluding hydrogens is 536 g/mol. The summed E-state index contributed by atoms with van der Waals surface area (Å²) in [6.45, 7) is 6.57. The summed E-state index contributed by atoms with van der Waals surface area (Å²) in [5.74, 6) is 0.0268. The lowest BCUT2D eigenvalue weighted by molar-refractivity contribution is 0.0830. The first-order valence-electron chi connectivity index (χ1n) is 14.0. The molecule has 39 heavy (non-hydrogen) atoms. The average molecular weight is 583 g/mol. The maximum Gasteiger partial charge on any atom is 0.251 e. The topological polar surface area (TPSA) is 117 Å². The zero-order valence-corrected chi connectivity index (χ0v) is 24.9. The first-order chi connectivity index (χ1) is 18.3. The van der Waals surface area contributed by atoms with E-state index in [4.69, 9.17) is 0 Å². The van der Waals surface area contributed by atoms with Crippen molar-refractivity contribution in [3.05, 3.63) is 59.7 Å². The van der Waals surface area contributed by atoms with Crippen molar-refractivity contribution in [1.29, 1.82) is 0 Å². The molecule has 0 aliphatic carbocycles. The van der Waals surface area contributed by atoms with Gasteiger partial charge in [-0.2, -0.15) is 0 Å². The smallest absolute Gasteiger partial charge is 0.251 e. The molecule has 1 heterocycles. The number of hydrogen-bond donors (Lipinski definition) is 6. The van der Waals surface area contributed by atoms with Gasteiger partial charge in [-0.05, 0) is 62.9 Å². The van der Waals surface area contributed by atoms with Gasteiger partial charge >= 0.3 is 0 Å². The largest absolute Gasteiger partial charge is 0.390 e. The van der Waals surface area contributed by atoms with Crippen LogP contribution < -0.4 is 20.3 Å². The van der Waals surface area contributed by atoms with Gasteiger partial charge in [0.05, 0.1) is 23.6 Å². The van der Waals surface area contributed by atoms with Crippen molar-refractivity contribution < 1.29 is 19.0 Å². The number of benzene rings is 2. The summed E-state index contributed by atoms with van der Waals surface area (Å²) in [6, 6.07) is 14.7. The molecule has 0 unspecified atom stereocenters. The normalized spacial score (nSPS) is 17.0. The second kappa shape index (κ2) is 16.9. The number of carbonyl (C=O) groups is 1. The second-order valence-electron chi connectivity index (χ2n) is 10.0. The van der Waals surface area contributed by atoms with Crippen LogP contribution in [0.2, 0.25) is 0 Å². The molecule has 1 aliphatic rings. The molecule has 1 saturated heterocycles. The summed E-state index contributed by atoms with van der Waals surface area (Å²) in [5, 5.41) is 20.7. The predicted octanol–water partition coefficient (Wildman–Crippen LogP) is 5.68. The van der Waals surface area contributed by atoms with Crippen LogP contribution in [0.1, 0.15) is 68.3 Å². The van der Waals surface area contributed by atoms with Crippen molar-refractivity contribution in [2.75, 3.05) is 41.6 Å². The molecule has 0 bridgehead atoms. The maximum absolute atomic E-state index is 13.5. The number of hydrogen-bond acceptors (Lipinski definition) is 7. The van der Waals surface area contributed by atoms with Crippen molar-refractivity contribution in [3.63, 3.8) is 0 Å². The third kappa shape index (κ3) is 10.5. The Morgan fingerprint density at radius 3 is 2.51 bits per heavy atom. The highest BCUT2D eigenvalue weighted by atomic mass is 35.5. The Hall–Kier alpha value is -2.01. The highest BCUT2D eigenvalue weighted by Gasteiger charge is 2.28. The van der Waals surface area contributed by atoms with Gasteiger partial charge in [0.25, 0.3) is 5.91 Å². The Morgan fingerprint density at radius 2 is 1.82 bits per heavy atom. The average Bonchev–Trinajstić information content (AvgIpc) is 2.90. The van der Waals surface area contributed by atoms with Crippen LogP contribution in [0.15, 0.2) is 48.5 Å². The van der Waals surface area contributed by atoms with E-state index in [0.29, 0.717) is 43.1 Å². The summed E-state index contributed by atoms with van der Waals surface area (Å²) in [7, 11) is -2.92. The van der Waals surface area contributed by atoms with Crippen molar-refractivity contribution in [2.45, 2.75) is 70.9 Å². The van der Waals surface area contributed by atoms with Crippen LogP contribution in [-0.2, 0) is 6.42 Å². The first kappa shape index (κ1) is 33.2. The number of rotatable bonds is 15. The van der Waals surface area contributed by atoms with E-state index in [1.807, 2.05) is 43.3 Å². The van der Waals surface area contributed by atoms with Gasteiger partial charge in [0, 0.05) is 30.9 Å². The highest BCUT2D eigenvalue weighted by Crippen LogP contribution is 2.50. The molecule has 10 heteroatoms. The van der Waals surface area contributed by atoms with E-state index in [2.05, 4.69) is 22.9 Å². The van der Waals surface area contributed by atoms with Crippen molar-refractivity contribution in [1.82, 2.24) is 10.6 Å². The molecule has 2 aromatic rings. The van der Waals surface area contributed by atoms with Gasteiger partial charge in [0.1, 0.15) is 0 Å². The van der Waals surface area contributed by atoms with Gasteiger partial charge in [0.2, 0.25) is 0 Å². The molecule has 1 fully saturated rings. The minimum Gasteiger partial charge on any atom is -0.390 e. The van der Waals surface area contributed by atoms with Gasteiger partial charge in [-0.1, -0.05) is 56.5 Å². The van der Waals surface area contributed by atoms with E-state index in [1.165, 1.54) is 12.8 Å². The van der Waals surface area contributed by atoms with Crippen molar-refractivity contribution in [2.24, 2.45) is 0 Å². The lowest BCUT2D eigenvalue weighted by Gasteiger charge is -2.47. The number of aliphatic hydroxyl groups excluding tert-OH is 1. The molecule has 0 spiro atoms. The molecule has 2 aromatic carbocycles. The summed E-state index contributed by atoms with van der Waals surface area (Å²) in [6.07, 6.45) is 5.97. The fraction of sp³-hybridized carbons (Fsp3) is 0.552. The standard InChI is InChI=1S/C29H46N4O4S.ClH/c1-3-5-6-10-15-30-22-28(34)27(18-23-13-8-7-9-14-23)32-29(35)24-19-25(31-4-2)21-26(20-24)33-16-11-12-17-38(33,36)37;/h7-9,13-14,19-21,27-28,30-31,34,36-37H,3-6,10-12,15-18,22H2,1-2H3,(H,32,35);1H/t27-,28-;/m0./s1. The van der Waals surface area contributed by atoms with Gasteiger partial charge in [-0.25, -0.2) is 0 Å². The van der Waals surface area contributed by atoms with Gasteiger partial charge in [-0.15, -0.1) is 23.2 Å². The van der Waals surface area contributed by atoms with Gasteiger partial charge in [-0.3, -0.25) is 18.2 Å². The molecule has 0 aromatic heterocycles. The number of halogens is 1. The van der Waals surface area contributed by atoms with Crippen LogP contribution >= 0.6 is 23.2 Å². The number of aliphatic hydroxyl groups is 1. The highest BCUT2D eigenvalue weighted by molar-refractivity contribution is 8.25. The third-order valence-corrected chi connectivity index (χ3v) is 8.81. The predicted molar refractivity (Wildman–Crippen MR) is 167 cm³/mol. The zero-order valence-electron chi connectivity index (χ0n) is 23.3. The molecule has 0 radical (unpaired) electrons. The minimum absolute atomic E-state index is 0. The number of amides is 1. The monoisotopic (exact) mass is 582 g/mol. The maximum atomic E-state index is 13.5. The Bertz CT molecular complexity index is 999. The van der Waals surface area contributed by atoms with E-state index in [1.54, 1.807) is 16.4 Å². The Kier molecular flexibility index (Phi) is 14.4. The lowest BCUT2D eigenvalue weighted by Crippen LogP contribution is -2.49. The molecule has 220 valence electrons. The SMILES string of the molecule is CCCCCCNC[C@H](O)[C@H](Cc1ccccc1)NC(=O)c1cc(NCC)cc(N2CCCCS2(O)O)c1.Cl. The second-order valence-corrected chi connectivity index (χ2v) is 12.2. The molecule has 0 saturated carbocycles. The summed E-state index contributed by atoms with van der Waals surface area (Å²) < 4.78 is 23.0. The molecular formula is C29H47ClN4O4S. The van der Waals surface area contributed by atoms with Crippen molar-refractivity contribution >= 4 is 40.5 Å². The number of anilines is 2. The van der Waals surface area contributed by atoms with Crippen LogP contribution in [0.25, 0.3) is 0 Å². The quantitative estimate of drug-likeness (QED) is 0.150. The van der Waals surface area contributed by atoms with E-state index in [9.17, 15) is 19.0 Å². The van der Waals surface area contributed by atoms with Crippen LogP contribution in [0, 0.1) is 0 Å². The van der Waals surface area contributed by atoms with Crippen LogP contribution in [0.5, 0.6) is 0 Å². The van der Waals surface area contributed by atoms with Crippen LogP contribution in [-0.4, -0.2) is 64.2 Å². The molecule has 1 aliphatic heterocycles. The van der Waals surface area contributed by atoms with Gasteiger partial charge < -0.3 is 21.1 Å². The Balaban J connectivity index is 0.00000533. The molecule has 2 atom stereocenters. The summed E-state index contributed by atoms with van der Waals surface area (Å²) >= 11 is 0. The fourth-order valence-corrected chi connectivity index (χ4v) is 6.45. The number of nitrogens with zero attached hydrogens (tertiary/aromatic N) is 1. The van der Waals surface area contributed by atoms with E-state index < -0.39 is 22.9 Å². The van der Waals surface area contributed by atoms with E-state index in [0.717, 1.165) is 43.5 Å². The van der Waals surface area contributed by atoms with E-state index in [-0.39, 0.29) is 18.3 Å². The van der Waals surface area contributed by atoms with Gasteiger partial charge in [0.15, 0.2) is 0 Å². The summed E-state index contributed by atoms with van der Waals surface area (Å²) in [5.41, 5.74) is 2.80. The van der Waals surface area contributed by atoms with Crippen molar-refractivity contribution in [3.8, 4) is 0 Å². The van der Waals surface area contributed by atoms with Crippen LogP contribution in [0.3, 0.4) is 0 Å². The molecule has 6 N–H and O–H groups in total. The number of unbranched alkanes of at least 4 members (excludes halogenated alkanes) is 3. The molecule has 3 rings (SSSR count). The lowest BCUT2D eigenvalue weighted by atomic mass is 10.00. The fourth-order valence-electron chi connectivity index (χ4n) is 4.77.